The van der Waals surface area contributed by atoms with Gasteiger partial charge in [0.25, 0.3) is 0 Å². The Labute approximate surface area is 192 Å². The number of rotatable bonds is 10. The number of imide groups is 1. The first-order chi connectivity index (χ1) is 15.6. The van der Waals surface area contributed by atoms with Crippen molar-refractivity contribution in [3.05, 3.63) is 23.8 Å². The van der Waals surface area contributed by atoms with Gasteiger partial charge in [0, 0.05) is 24.9 Å². The van der Waals surface area contributed by atoms with Gasteiger partial charge in [-0.2, -0.15) is 0 Å². The van der Waals surface area contributed by atoms with Gasteiger partial charge in [-0.05, 0) is 81.5 Å². The monoisotopic (exact) mass is 442 g/mol. The van der Waals surface area contributed by atoms with Gasteiger partial charge in [-0.25, -0.2) is 0 Å². The molecule has 2 aliphatic heterocycles. The van der Waals surface area contributed by atoms with Crippen LogP contribution in [0.15, 0.2) is 18.2 Å². The van der Waals surface area contributed by atoms with Gasteiger partial charge in [0.15, 0.2) is 0 Å². The second-order valence-corrected chi connectivity index (χ2v) is 9.92. The van der Waals surface area contributed by atoms with Gasteiger partial charge < -0.3 is 14.8 Å². The van der Waals surface area contributed by atoms with Crippen LogP contribution in [0.5, 0.6) is 11.5 Å². The Morgan fingerprint density at radius 2 is 1.84 bits per heavy atom. The number of amides is 2. The maximum atomic E-state index is 12.5. The third-order valence-electron chi connectivity index (χ3n) is 7.55. The van der Waals surface area contributed by atoms with E-state index in [9.17, 15) is 9.59 Å². The van der Waals surface area contributed by atoms with Gasteiger partial charge in [0.2, 0.25) is 11.8 Å². The van der Waals surface area contributed by atoms with Crippen molar-refractivity contribution in [3.8, 4) is 11.5 Å². The molecule has 1 N–H and O–H groups in total. The van der Waals surface area contributed by atoms with Crippen LogP contribution in [0.2, 0.25) is 0 Å². The van der Waals surface area contributed by atoms with E-state index in [-0.39, 0.29) is 17.2 Å². The number of hydrogen-bond acceptors (Lipinski definition) is 5. The largest absolute Gasteiger partial charge is 0.496 e. The highest BCUT2D eigenvalue weighted by Gasteiger charge is 2.44. The van der Waals surface area contributed by atoms with E-state index in [1.54, 1.807) is 7.11 Å². The summed E-state index contributed by atoms with van der Waals surface area (Å²) < 4.78 is 11.4. The van der Waals surface area contributed by atoms with E-state index < -0.39 is 0 Å². The number of unbranched alkanes of at least 4 members (excludes halogenated alkanes) is 1. The molecule has 1 atom stereocenters. The predicted molar refractivity (Wildman–Crippen MR) is 124 cm³/mol. The van der Waals surface area contributed by atoms with Crippen molar-refractivity contribution < 1.29 is 19.1 Å². The predicted octanol–water partition coefficient (Wildman–Crippen LogP) is 4.11. The summed E-state index contributed by atoms with van der Waals surface area (Å²) in [6.45, 7) is 3.27. The number of piperidine rings is 1. The summed E-state index contributed by atoms with van der Waals surface area (Å²) >= 11 is 0. The fourth-order valence-corrected chi connectivity index (χ4v) is 5.74. The molecule has 4 rings (SSSR count). The molecule has 3 aliphatic rings. The lowest BCUT2D eigenvalue weighted by molar-refractivity contribution is -0.153. The number of methoxy groups -OCH3 is 1. The van der Waals surface area contributed by atoms with Gasteiger partial charge in [-0.15, -0.1) is 0 Å². The van der Waals surface area contributed by atoms with Crippen molar-refractivity contribution in [2.75, 3.05) is 33.4 Å². The number of likely N-dealkylation sites (tertiary alicyclic amines) is 1. The normalized spacial score (nSPS) is 22.2. The zero-order valence-electron chi connectivity index (χ0n) is 19.5. The van der Waals surface area contributed by atoms with Crippen LogP contribution in [-0.2, 0) is 16.0 Å². The minimum absolute atomic E-state index is 0.00278. The Bertz CT molecular complexity index is 769. The molecule has 6 heteroatoms. The molecule has 2 fully saturated rings. The van der Waals surface area contributed by atoms with Gasteiger partial charge in [-0.3, -0.25) is 14.5 Å². The van der Waals surface area contributed by atoms with E-state index >= 15 is 0 Å². The average molecular weight is 443 g/mol. The van der Waals surface area contributed by atoms with E-state index in [1.165, 1.54) is 23.3 Å². The second kappa shape index (κ2) is 10.7. The first-order valence-corrected chi connectivity index (χ1v) is 12.4. The number of benzene rings is 1. The highest BCUT2D eigenvalue weighted by atomic mass is 16.5. The van der Waals surface area contributed by atoms with Crippen LogP contribution in [-0.4, -0.2) is 50.1 Å². The second-order valence-electron chi connectivity index (χ2n) is 9.92. The lowest BCUT2D eigenvalue weighted by Gasteiger charge is -2.37. The smallest absolute Gasteiger partial charge is 0.229 e. The molecule has 1 aliphatic carbocycles. The molecule has 1 saturated heterocycles. The van der Waals surface area contributed by atoms with Crippen LogP contribution in [0.1, 0.15) is 69.8 Å². The van der Waals surface area contributed by atoms with Gasteiger partial charge >= 0.3 is 0 Å². The van der Waals surface area contributed by atoms with Crippen LogP contribution in [0.25, 0.3) is 0 Å². The van der Waals surface area contributed by atoms with E-state index in [4.69, 9.17) is 9.47 Å². The molecule has 6 nitrogen and oxygen atoms in total. The van der Waals surface area contributed by atoms with Crippen LogP contribution in [0.4, 0.5) is 0 Å². The van der Waals surface area contributed by atoms with Crippen molar-refractivity contribution >= 4 is 11.8 Å². The van der Waals surface area contributed by atoms with Gasteiger partial charge in [0.1, 0.15) is 11.5 Å². The van der Waals surface area contributed by atoms with Gasteiger partial charge in [-0.1, -0.05) is 18.9 Å². The summed E-state index contributed by atoms with van der Waals surface area (Å²) in [4.78, 5) is 26.5. The molecular weight excluding hydrogens is 404 g/mol. The highest BCUT2D eigenvalue weighted by Crippen LogP contribution is 2.46. The van der Waals surface area contributed by atoms with Crippen LogP contribution in [0, 0.1) is 11.3 Å². The molecule has 1 spiro atoms. The number of nitrogens with one attached hydrogen (secondary N) is 1. The standard InChI is InChI=1S/C26H38N2O4/c1-31-22-9-6-10-23-21(22)16-20(19-32-23)8-7-14-27-13-4-5-15-28-24(29)17-26(18-25(28)30)11-2-3-12-26/h6,9-10,20,27H,2-5,7-8,11-19H2,1H3/t20-/m0/s1. The molecule has 0 bridgehead atoms. The summed E-state index contributed by atoms with van der Waals surface area (Å²) in [5.74, 6) is 2.53. The molecule has 0 aromatic heterocycles. The lowest BCUT2D eigenvalue weighted by atomic mass is 9.76. The maximum Gasteiger partial charge on any atom is 0.229 e. The molecule has 0 unspecified atom stereocenters. The molecule has 32 heavy (non-hydrogen) atoms. The van der Waals surface area contributed by atoms with Crippen molar-refractivity contribution in [3.63, 3.8) is 0 Å². The maximum absolute atomic E-state index is 12.5. The number of carbonyl (C=O) groups excluding carboxylic acids is 2. The van der Waals surface area contributed by atoms with Crippen molar-refractivity contribution in [1.29, 1.82) is 0 Å². The molecule has 0 radical (unpaired) electrons. The number of carbonyl (C=O) groups is 2. The first kappa shape index (κ1) is 23.1. The number of nitrogens with zero attached hydrogens (tertiary/aromatic N) is 1. The van der Waals surface area contributed by atoms with E-state index in [2.05, 4.69) is 5.32 Å². The highest BCUT2D eigenvalue weighted by molar-refractivity contribution is 5.98. The summed E-state index contributed by atoms with van der Waals surface area (Å²) in [7, 11) is 1.71. The average Bonchev–Trinajstić information content (AvgIpc) is 3.23. The molecule has 2 heterocycles. The van der Waals surface area contributed by atoms with Gasteiger partial charge in [0.05, 0.1) is 13.7 Å². The molecule has 1 saturated carbocycles. The quantitative estimate of drug-likeness (QED) is 0.436. The van der Waals surface area contributed by atoms with E-state index in [1.807, 2.05) is 18.2 Å². The first-order valence-electron chi connectivity index (χ1n) is 12.4. The summed E-state index contributed by atoms with van der Waals surface area (Å²) in [6.07, 6.45) is 10.7. The molecular formula is C26H38N2O4. The minimum Gasteiger partial charge on any atom is -0.496 e. The fourth-order valence-electron chi connectivity index (χ4n) is 5.74. The minimum atomic E-state index is 0.00278. The van der Waals surface area contributed by atoms with Crippen molar-refractivity contribution in [2.45, 2.75) is 70.6 Å². The lowest BCUT2D eigenvalue weighted by Crippen LogP contribution is -2.47. The summed E-state index contributed by atoms with van der Waals surface area (Å²) in [5, 5.41) is 3.51. The Kier molecular flexibility index (Phi) is 7.71. The molecule has 1 aromatic rings. The van der Waals surface area contributed by atoms with E-state index in [0.29, 0.717) is 25.3 Å². The fraction of sp³-hybridized carbons (Fsp3) is 0.692. The Morgan fingerprint density at radius 1 is 1.09 bits per heavy atom. The summed E-state index contributed by atoms with van der Waals surface area (Å²) in [5.41, 5.74) is 1.20. The van der Waals surface area contributed by atoms with Crippen molar-refractivity contribution in [1.82, 2.24) is 10.2 Å². The third kappa shape index (κ3) is 5.45. The van der Waals surface area contributed by atoms with Crippen LogP contribution >= 0.6 is 0 Å². The topological polar surface area (TPSA) is 67.9 Å². The van der Waals surface area contributed by atoms with Crippen LogP contribution in [0.3, 0.4) is 0 Å². The number of hydrogen-bond donors (Lipinski definition) is 1. The third-order valence-corrected chi connectivity index (χ3v) is 7.55. The SMILES string of the molecule is COc1cccc2c1C[C@H](CCCNCCCCN1C(=O)CC3(CCCC3)CC1=O)CO2. The Morgan fingerprint density at radius 3 is 2.59 bits per heavy atom. The Hall–Kier alpha value is -2.08. The number of fused-ring (bicyclic) bond motifs is 1. The molecule has 1 aromatic carbocycles. The number of ether oxygens (including phenoxy) is 2. The molecule has 2 amide bonds. The van der Waals surface area contributed by atoms with Crippen LogP contribution < -0.4 is 14.8 Å². The van der Waals surface area contributed by atoms with E-state index in [0.717, 1.165) is 76.1 Å². The zero-order chi connectivity index (χ0) is 22.4. The summed E-state index contributed by atoms with van der Waals surface area (Å²) in [6, 6.07) is 6.00. The zero-order valence-corrected chi connectivity index (χ0v) is 19.5. The Balaban J connectivity index is 1.07. The van der Waals surface area contributed by atoms with Crippen molar-refractivity contribution in [2.24, 2.45) is 11.3 Å². The molecule has 176 valence electrons.